The highest BCUT2D eigenvalue weighted by atomic mass is 16.3. The highest BCUT2D eigenvalue weighted by Crippen LogP contribution is 2.36. The van der Waals surface area contributed by atoms with Crippen molar-refractivity contribution in [1.82, 2.24) is 10.2 Å². The number of hydrogen-bond acceptors (Lipinski definition) is 3. The maximum absolute atomic E-state index is 11.7. The summed E-state index contributed by atoms with van der Waals surface area (Å²) in [4.78, 5) is 14.1. The summed E-state index contributed by atoms with van der Waals surface area (Å²) in [5.74, 6) is 0.0604. The van der Waals surface area contributed by atoms with Gasteiger partial charge in [-0.25, -0.2) is 0 Å². The lowest BCUT2D eigenvalue weighted by atomic mass is 9.77. The number of aliphatic hydroxyl groups excluding tert-OH is 1. The third kappa shape index (κ3) is 3.69. The Bertz CT molecular complexity index is 282. The van der Waals surface area contributed by atoms with Crippen LogP contribution in [-0.4, -0.2) is 46.7 Å². The largest absolute Gasteiger partial charge is 0.396 e. The van der Waals surface area contributed by atoms with Crippen LogP contribution >= 0.6 is 0 Å². The van der Waals surface area contributed by atoms with Gasteiger partial charge in [0, 0.05) is 30.1 Å². The smallest absolute Gasteiger partial charge is 0.220 e. The second-order valence-corrected chi connectivity index (χ2v) is 6.68. The lowest BCUT2D eigenvalue weighted by Crippen LogP contribution is -2.62. The minimum Gasteiger partial charge on any atom is -0.396 e. The molecule has 1 aliphatic rings. The molecule has 1 amide bonds. The molecule has 4 nitrogen and oxygen atoms in total. The van der Waals surface area contributed by atoms with Crippen LogP contribution in [0, 0.1) is 0 Å². The monoisotopic (exact) mass is 256 g/mol. The second kappa shape index (κ2) is 5.57. The van der Waals surface area contributed by atoms with Gasteiger partial charge in [-0.2, -0.15) is 0 Å². The highest BCUT2D eigenvalue weighted by molar-refractivity contribution is 5.76. The summed E-state index contributed by atoms with van der Waals surface area (Å²) in [5, 5.41) is 11.8. The number of carbonyl (C=O) groups excluding carboxylic acids is 1. The molecule has 106 valence electrons. The Hall–Kier alpha value is -0.610. The third-order valence-corrected chi connectivity index (χ3v) is 4.23. The van der Waals surface area contributed by atoms with Crippen LogP contribution in [0.25, 0.3) is 0 Å². The maximum atomic E-state index is 11.7. The Labute approximate surface area is 111 Å². The second-order valence-electron chi connectivity index (χ2n) is 6.68. The molecule has 1 heterocycles. The van der Waals surface area contributed by atoms with Crippen LogP contribution in [0.15, 0.2) is 0 Å². The molecule has 0 aromatic heterocycles. The van der Waals surface area contributed by atoms with Gasteiger partial charge in [0.2, 0.25) is 5.91 Å². The molecule has 2 N–H and O–H groups in total. The summed E-state index contributed by atoms with van der Waals surface area (Å²) in [6, 6.07) is 0.234. The molecule has 0 aliphatic carbocycles. The fourth-order valence-corrected chi connectivity index (χ4v) is 3.01. The summed E-state index contributed by atoms with van der Waals surface area (Å²) in [6.45, 7) is 8.97. The molecule has 1 aliphatic heterocycles. The molecule has 0 saturated carbocycles. The zero-order chi connectivity index (χ0) is 14.0. The SMILES string of the molecule is CN1C(C)(C)CC(NC(=O)CCCO)CC1(C)C. The Morgan fingerprint density at radius 3 is 2.22 bits per heavy atom. The Kier molecular flexibility index (Phi) is 4.78. The van der Waals surface area contributed by atoms with Gasteiger partial charge in [-0.15, -0.1) is 0 Å². The number of aliphatic hydroxyl groups is 1. The van der Waals surface area contributed by atoms with E-state index in [9.17, 15) is 4.79 Å². The van der Waals surface area contributed by atoms with Gasteiger partial charge in [-0.1, -0.05) is 0 Å². The number of nitrogens with zero attached hydrogens (tertiary/aromatic N) is 1. The summed E-state index contributed by atoms with van der Waals surface area (Å²) < 4.78 is 0. The number of likely N-dealkylation sites (tertiary alicyclic amines) is 1. The molecule has 1 fully saturated rings. The Morgan fingerprint density at radius 1 is 1.28 bits per heavy atom. The van der Waals surface area contributed by atoms with E-state index < -0.39 is 0 Å². The number of piperidine rings is 1. The van der Waals surface area contributed by atoms with Gasteiger partial charge in [0.05, 0.1) is 0 Å². The molecular formula is C14H28N2O2. The van der Waals surface area contributed by atoms with Crippen LogP contribution in [0.1, 0.15) is 53.4 Å². The molecule has 4 heteroatoms. The molecule has 0 unspecified atom stereocenters. The predicted molar refractivity (Wildman–Crippen MR) is 73.4 cm³/mol. The topological polar surface area (TPSA) is 52.6 Å². The molecule has 0 aromatic rings. The number of amides is 1. The van der Waals surface area contributed by atoms with E-state index in [4.69, 9.17) is 5.11 Å². The van der Waals surface area contributed by atoms with Crippen LogP contribution in [0.5, 0.6) is 0 Å². The van der Waals surface area contributed by atoms with Gasteiger partial charge in [-0.3, -0.25) is 9.69 Å². The number of nitrogens with one attached hydrogen (secondary N) is 1. The van der Waals surface area contributed by atoms with Crippen LogP contribution < -0.4 is 5.32 Å². The van der Waals surface area contributed by atoms with Gasteiger partial charge >= 0.3 is 0 Å². The quantitative estimate of drug-likeness (QED) is 0.802. The zero-order valence-corrected chi connectivity index (χ0v) is 12.4. The average Bonchev–Trinajstić information content (AvgIpc) is 2.22. The fourth-order valence-electron chi connectivity index (χ4n) is 3.01. The van der Waals surface area contributed by atoms with E-state index in [0.717, 1.165) is 12.8 Å². The molecule has 1 rings (SSSR count). The van der Waals surface area contributed by atoms with Crippen LogP contribution in [0.3, 0.4) is 0 Å². The van der Waals surface area contributed by atoms with Gasteiger partial charge < -0.3 is 10.4 Å². The van der Waals surface area contributed by atoms with Gasteiger partial charge in [0.1, 0.15) is 0 Å². The maximum Gasteiger partial charge on any atom is 0.220 e. The molecular weight excluding hydrogens is 228 g/mol. The Balaban J connectivity index is 2.61. The number of rotatable bonds is 4. The minimum absolute atomic E-state index is 0.0604. The van der Waals surface area contributed by atoms with Crippen LogP contribution in [0.2, 0.25) is 0 Å². The van der Waals surface area contributed by atoms with Crippen molar-refractivity contribution in [1.29, 1.82) is 0 Å². The normalized spacial score (nSPS) is 23.9. The van der Waals surface area contributed by atoms with Gasteiger partial charge in [-0.05, 0) is 54.0 Å². The van der Waals surface area contributed by atoms with Crippen molar-refractivity contribution >= 4 is 5.91 Å². The van der Waals surface area contributed by atoms with Crippen molar-refractivity contribution in [2.24, 2.45) is 0 Å². The molecule has 0 radical (unpaired) electrons. The van der Waals surface area contributed by atoms with Crippen molar-refractivity contribution < 1.29 is 9.90 Å². The molecule has 0 aromatic carbocycles. The summed E-state index contributed by atoms with van der Waals surface area (Å²) in [7, 11) is 2.16. The molecule has 0 bridgehead atoms. The predicted octanol–water partition coefficient (Wildman–Crippen LogP) is 1.53. The number of carbonyl (C=O) groups is 1. The fraction of sp³-hybridized carbons (Fsp3) is 0.929. The Morgan fingerprint density at radius 2 is 1.78 bits per heavy atom. The summed E-state index contributed by atoms with van der Waals surface area (Å²) in [6.07, 6.45) is 2.91. The third-order valence-electron chi connectivity index (χ3n) is 4.23. The lowest BCUT2D eigenvalue weighted by Gasteiger charge is -2.53. The van der Waals surface area contributed by atoms with E-state index in [1.165, 1.54) is 0 Å². The minimum atomic E-state index is 0.0604. The van der Waals surface area contributed by atoms with E-state index in [2.05, 4.69) is 45.0 Å². The molecule has 0 spiro atoms. The molecule has 1 saturated heterocycles. The first-order valence-corrected chi connectivity index (χ1v) is 6.83. The van der Waals surface area contributed by atoms with E-state index >= 15 is 0 Å². The van der Waals surface area contributed by atoms with Gasteiger partial charge in [0.15, 0.2) is 0 Å². The van der Waals surface area contributed by atoms with E-state index in [0.29, 0.717) is 12.8 Å². The van der Waals surface area contributed by atoms with Crippen molar-refractivity contribution in [3.63, 3.8) is 0 Å². The first kappa shape index (κ1) is 15.4. The van der Waals surface area contributed by atoms with Crippen molar-refractivity contribution in [2.45, 2.75) is 70.5 Å². The van der Waals surface area contributed by atoms with E-state index in [-0.39, 0.29) is 29.6 Å². The van der Waals surface area contributed by atoms with Crippen molar-refractivity contribution in [3.8, 4) is 0 Å². The van der Waals surface area contributed by atoms with E-state index in [1.54, 1.807) is 0 Å². The standard InChI is InChI=1S/C14H28N2O2/c1-13(2)9-11(10-14(3,4)16(13)5)15-12(18)7-6-8-17/h11,17H,6-10H2,1-5H3,(H,15,18). The van der Waals surface area contributed by atoms with Crippen LogP contribution in [0.4, 0.5) is 0 Å². The van der Waals surface area contributed by atoms with Crippen LogP contribution in [-0.2, 0) is 4.79 Å². The molecule has 0 atom stereocenters. The number of hydrogen-bond donors (Lipinski definition) is 2. The average molecular weight is 256 g/mol. The lowest BCUT2D eigenvalue weighted by molar-refractivity contribution is -0.123. The summed E-state index contributed by atoms with van der Waals surface area (Å²) in [5.41, 5.74) is 0.188. The van der Waals surface area contributed by atoms with Crippen molar-refractivity contribution in [3.05, 3.63) is 0 Å². The van der Waals surface area contributed by atoms with Gasteiger partial charge in [0.25, 0.3) is 0 Å². The summed E-state index contributed by atoms with van der Waals surface area (Å²) >= 11 is 0. The van der Waals surface area contributed by atoms with E-state index in [1.807, 2.05) is 0 Å². The highest BCUT2D eigenvalue weighted by Gasteiger charge is 2.43. The zero-order valence-electron chi connectivity index (χ0n) is 12.4. The first-order valence-electron chi connectivity index (χ1n) is 6.83. The molecule has 18 heavy (non-hydrogen) atoms. The first-order chi connectivity index (χ1) is 8.19. The van der Waals surface area contributed by atoms with Crippen molar-refractivity contribution in [2.75, 3.05) is 13.7 Å².